The average molecular weight is 386 g/mol. The molecule has 0 unspecified atom stereocenters. The van der Waals surface area contributed by atoms with Crippen LogP contribution < -0.4 is 10.6 Å². The number of carboxylic acids is 1. The molecular weight excluding hydrogens is 360 g/mol. The van der Waals surface area contributed by atoms with Crippen molar-refractivity contribution >= 4 is 17.8 Å². The number of aliphatic carboxylic acids is 1. The minimum atomic E-state index is -1.10. The zero-order valence-corrected chi connectivity index (χ0v) is 16.5. The van der Waals surface area contributed by atoms with Crippen LogP contribution in [0.15, 0.2) is 30.3 Å². The number of nitrogens with zero attached hydrogens (tertiary/aromatic N) is 2. The van der Waals surface area contributed by atoms with Crippen LogP contribution in [-0.2, 0) is 9.59 Å². The van der Waals surface area contributed by atoms with E-state index in [0.717, 1.165) is 16.9 Å². The van der Waals surface area contributed by atoms with Crippen molar-refractivity contribution in [2.24, 2.45) is 5.92 Å². The SMILES string of the molecule is Cc1ccc(-n2nc(C(=O)NCC(=O)N[C@@H](CC(C)C)C(=O)O)cc2C)cc1. The van der Waals surface area contributed by atoms with Crippen molar-refractivity contribution in [1.82, 2.24) is 20.4 Å². The number of hydrogen-bond acceptors (Lipinski definition) is 4. The van der Waals surface area contributed by atoms with E-state index in [1.54, 1.807) is 10.7 Å². The summed E-state index contributed by atoms with van der Waals surface area (Å²) in [5, 5.41) is 18.4. The molecule has 0 aliphatic rings. The molecular formula is C20H26N4O4. The van der Waals surface area contributed by atoms with Crippen LogP contribution in [0.3, 0.4) is 0 Å². The summed E-state index contributed by atoms with van der Waals surface area (Å²) in [6, 6.07) is 8.38. The van der Waals surface area contributed by atoms with Crippen LogP contribution in [0.25, 0.3) is 5.69 Å². The van der Waals surface area contributed by atoms with Gasteiger partial charge in [0.15, 0.2) is 5.69 Å². The second kappa shape index (κ2) is 9.16. The highest BCUT2D eigenvalue weighted by Gasteiger charge is 2.21. The summed E-state index contributed by atoms with van der Waals surface area (Å²) in [7, 11) is 0. The first-order valence-electron chi connectivity index (χ1n) is 9.11. The molecule has 1 heterocycles. The van der Waals surface area contributed by atoms with Gasteiger partial charge in [-0.15, -0.1) is 0 Å². The zero-order valence-electron chi connectivity index (χ0n) is 16.5. The summed E-state index contributed by atoms with van der Waals surface area (Å²) in [6.07, 6.45) is 0.315. The van der Waals surface area contributed by atoms with Gasteiger partial charge in [-0.3, -0.25) is 9.59 Å². The largest absolute Gasteiger partial charge is 0.480 e. The predicted octanol–water partition coefficient (Wildman–Crippen LogP) is 1.83. The summed E-state index contributed by atoms with van der Waals surface area (Å²) >= 11 is 0. The molecule has 1 aromatic heterocycles. The molecule has 2 aromatic rings. The molecule has 3 N–H and O–H groups in total. The van der Waals surface area contributed by atoms with Gasteiger partial charge < -0.3 is 15.7 Å². The van der Waals surface area contributed by atoms with Gasteiger partial charge in [0.05, 0.1) is 12.2 Å². The predicted molar refractivity (Wildman–Crippen MR) is 104 cm³/mol. The van der Waals surface area contributed by atoms with E-state index in [4.69, 9.17) is 0 Å². The Kier molecular flexibility index (Phi) is 6.92. The number of aromatic nitrogens is 2. The monoisotopic (exact) mass is 386 g/mol. The van der Waals surface area contributed by atoms with Crippen molar-refractivity contribution in [2.75, 3.05) is 6.54 Å². The summed E-state index contributed by atoms with van der Waals surface area (Å²) in [6.45, 7) is 7.24. The van der Waals surface area contributed by atoms with Crippen LogP contribution >= 0.6 is 0 Å². The van der Waals surface area contributed by atoms with E-state index in [9.17, 15) is 19.5 Å². The van der Waals surface area contributed by atoms with Gasteiger partial charge in [-0.25, -0.2) is 9.48 Å². The van der Waals surface area contributed by atoms with Gasteiger partial charge in [-0.2, -0.15) is 5.10 Å². The van der Waals surface area contributed by atoms with Crippen LogP contribution in [0.1, 0.15) is 42.0 Å². The number of amides is 2. The third kappa shape index (κ3) is 5.67. The highest BCUT2D eigenvalue weighted by atomic mass is 16.4. The highest BCUT2D eigenvalue weighted by Crippen LogP contribution is 2.13. The lowest BCUT2D eigenvalue weighted by Gasteiger charge is -2.16. The Bertz CT molecular complexity index is 856. The molecule has 8 nitrogen and oxygen atoms in total. The van der Waals surface area contributed by atoms with Gasteiger partial charge in [-0.05, 0) is 44.4 Å². The lowest BCUT2D eigenvalue weighted by Crippen LogP contribution is -2.46. The molecule has 0 saturated heterocycles. The van der Waals surface area contributed by atoms with Gasteiger partial charge in [0.2, 0.25) is 5.91 Å². The first-order chi connectivity index (χ1) is 13.2. The van der Waals surface area contributed by atoms with Gasteiger partial charge >= 0.3 is 5.97 Å². The molecule has 0 spiro atoms. The fourth-order valence-corrected chi connectivity index (χ4v) is 2.72. The lowest BCUT2D eigenvalue weighted by molar-refractivity contribution is -0.142. The molecule has 2 rings (SSSR count). The first-order valence-corrected chi connectivity index (χ1v) is 9.11. The maximum Gasteiger partial charge on any atom is 0.326 e. The number of carbonyl (C=O) groups excluding carboxylic acids is 2. The zero-order chi connectivity index (χ0) is 20.8. The number of carbonyl (C=O) groups is 3. The van der Waals surface area contributed by atoms with Crippen molar-refractivity contribution < 1.29 is 19.5 Å². The highest BCUT2D eigenvalue weighted by molar-refractivity contribution is 5.95. The van der Waals surface area contributed by atoms with Crippen molar-refractivity contribution in [3.05, 3.63) is 47.3 Å². The number of carboxylic acid groups (broad SMARTS) is 1. The standard InChI is InChI=1S/C20H26N4O4/c1-12(2)9-17(20(27)28)22-18(25)11-21-19(26)16-10-14(4)24(23-16)15-7-5-13(3)6-8-15/h5-8,10,12,17H,9,11H2,1-4H3,(H,21,26)(H,22,25)(H,27,28)/t17-/m0/s1. The minimum Gasteiger partial charge on any atom is -0.480 e. The van der Waals surface area contributed by atoms with E-state index in [1.807, 2.05) is 52.0 Å². The summed E-state index contributed by atoms with van der Waals surface area (Å²) in [5.74, 6) is -2.04. The minimum absolute atomic E-state index is 0.115. The van der Waals surface area contributed by atoms with Crippen molar-refractivity contribution in [1.29, 1.82) is 0 Å². The molecule has 0 fully saturated rings. The molecule has 1 atom stereocenters. The Hall–Kier alpha value is -3.16. The van der Waals surface area contributed by atoms with Gasteiger partial charge in [0, 0.05) is 5.69 Å². The first kappa shape index (κ1) is 21.1. The Morgan fingerprint density at radius 3 is 2.36 bits per heavy atom. The Balaban J connectivity index is 1.98. The molecule has 0 aliphatic carbocycles. The van der Waals surface area contributed by atoms with Crippen molar-refractivity contribution in [3.63, 3.8) is 0 Å². The number of benzene rings is 1. The number of hydrogen-bond donors (Lipinski definition) is 3. The maximum absolute atomic E-state index is 12.3. The number of aryl methyl sites for hydroxylation is 2. The van der Waals surface area contributed by atoms with Crippen LogP contribution in [0.2, 0.25) is 0 Å². The van der Waals surface area contributed by atoms with Crippen LogP contribution in [-0.4, -0.2) is 45.3 Å². The fourth-order valence-electron chi connectivity index (χ4n) is 2.72. The van der Waals surface area contributed by atoms with E-state index in [1.165, 1.54) is 0 Å². The Labute approximate surface area is 163 Å². The number of nitrogens with one attached hydrogen (secondary N) is 2. The van der Waals surface area contributed by atoms with E-state index in [-0.39, 0.29) is 18.2 Å². The Morgan fingerprint density at radius 2 is 1.79 bits per heavy atom. The van der Waals surface area contributed by atoms with Gasteiger partial charge in [0.25, 0.3) is 5.91 Å². The third-order valence-electron chi connectivity index (χ3n) is 4.15. The molecule has 0 bridgehead atoms. The third-order valence-corrected chi connectivity index (χ3v) is 4.15. The Morgan fingerprint density at radius 1 is 1.14 bits per heavy atom. The average Bonchev–Trinajstić information content (AvgIpc) is 3.01. The van der Waals surface area contributed by atoms with Gasteiger partial charge in [0.1, 0.15) is 6.04 Å². The van der Waals surface area contributed by atoms with Crippen LogP contribution in [0.4, 0.5) is 0 Å². The molecule has 1 aromatic carbocycles. The van der Waals surface area contributed by atoms with Crippen molar-refractivity contribution in [2.45, 2.75) is 40.2 Å². The summed E-state index contributed by atoms with van der Waals surface area (Å²) < 4.78 is 1.65. The topological polar surface area (TPSA) is 113 Å². The number of rotatable bonds is 8. The van der Waals surface area contributed by atoms with Gasteiger partial charge in [-0.1, -0.05) is 31.5 Å². The molecule has 0 radical (unpaired) electrons. The molecule has 0 saturated carbocycles. The van der Waals surface area contributed by atoms with E-state index >= 15 is 0 Å². The molecule has 8 heteroatoms. The van der Waals surface area contributed by atoms with E-state index in [2.05, 4.69) is 15.7 Å². The molecule has 150 valence electrons. The van der Waals surface area contributed by atoms with Crippen molar-refractivity contribution in [3.8, 4) is 5.69 Å². The molecule has 28 heavy (non-hydrogen) atoms. The lowest BCUT2D eigenvalue weighted by atomic mass is 10.0. The maximum atomic E-state index is 12.3. The molecule has 2 amide bonds. The smallest absolute Gasteiger partial charge is 0.326 e. The quantitative estimate of drug-likeness (QED) is 0.641. The fraction of sp³-hybridized carbons (Fsp3) is 0.400. The molecule has 0 aliphatic heterocycles. The summed E-state index contributed by atoms with van der Waals surface area (Å²) in [4.78, 5) is 35.5. The second-order valence-corrected chi connectivity index (χ2v) is 7.19. The normalized spacial score (nSPS) is 11.9. The van der Waals surface area contributed by atoms with E-state index < -0.39 is 23.8 Å². The van der Waals surface area contributed by atoms with Crippen LogP contribution in [0, 0.1) is 19.8 Å². The van der Waals surface area contributed by atoms with Crippen LogP contribution in [0.5, 0.6) is 0 Å². The van der Waals surface area contributed by atoms with E-state index in [0.29, 0.717) is 6.42 Å². The summed E-state index contributed by atoms with van der Waals surface area (Å²) in [5.41, 5.74) is 2.91. The second-order valence-electron chi connectivity index (χ2n) is 7.19.